The Morgan fingerprint density at radius 3 is 2.44 bits per heavy atom. The summed E-state index contributed by atoms with van der Waals surface area (Å²) in [5.41, 5.74) is 0.438. The fourth-order valence-electron chi connectivity index (χ4n) is 4.03. The van der Waals surface area contributed by atoms with Crippen LogP contribution in [0, 0.1) is 11.7 Å². The lowest BCUT2D eigenvalue weighted by Crippen LogP contribution is -2.48. The molecule has 2 heterocycles. The van der Waals surface area contributed by atoms with Gasteiger partial charge in [-0.25, -0.2) is 4.39 Å². The van der Waals surface area contributed by atoms with Crippen molar-refractivity contribution in [1.29, 1.82) is 0 Å². The number of anilines is 1. The predicted molar refractivity (Wildman–Crippen MR) is 107 cm³/mol. The molecule has 0 saturated carbocycles. The Hall–Kier alpha value is -1.66. The van der Waals surface area contributed by atoms with E-state index >= 15 is 0 Å². The molecule has 0 spiro atoms. The topological polar surface area (TPSA) is 61.4 Å². The molecule has 27 heavy (non-hydrogen) atoms. The summed E-state index contributed by atoms with van der Waals surface area (Å²) < 4.78 is 14.4. The normalized spacial score (nSPS) is 23.7. The second-order valence-corrected chi connectivity index (χ2v) is 8.02. The molecule has 7 heteroatoms. The minimum absolute atomic E-state index is 0. The maximum Gasteiger partial charge on any atom is 0.253 e. The molecule has 150 valence electrons. The Bertz CT molecular complexity index is 686. The van der Waals surface area contributed by atoms with Gasteiger partial charge in [-0.1, -0.05) is 13.8 Å². The highest BCUT2D eigenvalue weighted by atomic mass is 35.5. The number of halogens is 2. The van der Waals surface area contributed by atoms with Crippen molar-refractivity contribution in [3.05, 3.63) is 29.6 Å². The van der Waals surface area contributed by atoms with E-state index in [1.165, 1.54) is 25.0 Å². The van der Waals surface area contributed by atoms with Crippen molar-refractivity contribution >= 4 is 29.9 Å². The van der Waals surface area contributed by atoms with Gasteiger partial charge in [0.25, 0.3) is 5.91 Å². The van der Waals surface area contributed by atoms with E-state index < -0.39 is 5.82 Å². The SMILES string of the molecule is CC(C)CC(=O)Nc1ccc(C(=O)N(C)C2CC3CCC(C2)N3)cc1F.Cl. The molecule has 2 N–H and O–H groups in total. The average molecular weight is 398 g/mol. The first-order valence-electron chi connectivity index (χ1n) is 9.46. The molecule has 2 saturated heterocycles. The minimum atomic E-state index is -0.577. The number of amides is 2. The molecular formula is C20H29ClFN3O2. The number of fused-ring (bicyclic) bond motifs is 2. The van der Waals surface area contributed by atoms with Crippen molar-refractivity contribution in [1.82, 2.24) is 10.2 Å². The fraction of sp³-hybridized carbons (Fsp3) is 0.600. The molecule has 2 amide bonds. The fourth-order valence-corrected chi connectivity index (χ4v) is 4.03. The molecule has 0 radical (unpaired) electrons. The van der Waals surface area contributed by atoms with Crippen LogP contribution < -0.4 is 10.6 Å². The van der Waals surface area contributed by atoms with Crippen LogP contribution in [0.3, 0.4) is 0 Å². The summed E-state index contributed by atoms with van der Waals surface area (Å²) in [6.45, 7) is 3.86. The van der Waals surface area contributed by atoms with Crippen LogP contribution in [0.5, 0.6) is 0 Å². The van der Waals surface area contributed by atoms with Crippen molar-refractivity contribution in [3.63, 3.8) is 0 Å². The van der Waals surface area contributed by atoms with E-state index in [0.717, 1.165) is 12.8 Å². The number of hydrogen-bond donors (Lipinski definition) is 2. The van der Waals surface area contributed by atoms with Gasteiger partial charge in [-0.15, -0.1) is 12.4 Å². The van der Waals surface area contributed by atoms with Gasteiger partial charge in [0, 0.05) is 37.2 Å². The van der Waals surface area contributed by atoms with E-state index in [9.17, 15) is 14.0 Å². The molecule has 2 aliphatic heterocycles. The summed E-state index contributed by atoms with van der Waals surface area (Å²) in [5.74, 6) is -0.768. The van der Waals surface area contributed by atoms with Crippen LogP contribution in [0.1, 0.15) is 56.3 Å². The summed E-state index contributed by atoms with van der Waals surface area (Å²) >= 11 is 0. The van der Waals surface area contributed by atoms with Gasteiger partial charge in [-0.05, 0) is 49.8 Å². The van der Waals surface area contributed by atoms with Crippen molar-refractivity contribution in [3.8, 4) is 0 Å². The third-order valence-corrected chi connectivity index (χ3v) is 5.40. The van der Waals surface area contributed by atoms with E-state index in [1.807, 2.05) is 13.8 Å². The average Bonchev–Trinajstić information content (AvgIpc) is 2.92. The molecule has 1 aromatic carbocycles. The lowest BCUT2D eigenvalue weighted by atomic mass is 9.98. The first-order valence-corrected chi connectivity index (χ1v) is 9.46. The highest BCUT2D eigenvalue weighted by Crippen LogP contribution is 2.30. The molecule has 1 aromatic rings. The summed E-state index contributed by atoms with van der Waals surface area (Å²) in [6.07, 6.45) is 4.57. The van der Waals surface area contributed by atoms with Crippen LogP contribution in [-0.4, -0.2) is 41.9 Å². The summed E-state index contributed by atoms with van der Waals surface area (Å²) in [7, 11) is 1.80. The quantitative estimate of drug-likeness (QED) is 0.798. The number of carbonyl (C=O) groups excluding carboxylic acids is 2. The number of piperidine rings is 1. The lowest BCUT2D eigenvalue weighted by Gasteiger charge is -2.35. The van der Waals surface area contributed by atoms with Gasteiger partial charge >= 0.3 is 0 Å². The maximum absolute atomic E-state index is 14.4. The number of benzene rings is 1. The van der Waals surface area contributed by atoms with Gasteiger partial charge in [-0.2, -0.15) is 0 Å². The van der Waals surface area contributed by atoms with Crippen molar-refractivity contribution in [2.75, 3.05) is 12.4 Å². The Balaban J connectivity index is 0.00000261. The van der Waals surface area contributed by atoms with Gasteiger partial charge in [0.2, 0.25) is 5.91 Å². The summed E-state index contributed by atoms with van der Waals surface area (Å²) in [5, 5.41) is 6.14. The second kappa shape index (κ2) is 9.02. The van der Waals surface area contributed by atoms with Crippen LogP contribution in [0.25, 0.3) is 0 Å². The third-order valence-electron chi connectivity index (χ3n) is 5.40. The molecule has 0 aliphatic carbocycles. The lowest BCUT2D eigenvalue weighted by molar-refractivity contribution is -0.116. The third kappa shape index (κ3) is 5.20. The van der Waals surface area contributed by atoms with Crippen LogP contribution >= 0.6 is 12.4 Å². The van der Waals surface area contributed by atoms with Gasteiger partial charge in [0.15, 0.2) is 0 Å². The predicted octanol–water partition coefficient (Wildman–Crippen LogP) is 3.59. The Kier molecular flexibility index (Phi) is 7.23. The van der Waals surface area contributed by atoms with Crippen molar-refractivity contribution < 1.29 is 14.0 Å². The number of nitrogens with one attached hydrogen (secondary N) is 2. The monoisotopic (exact) mass is 397 g/mol. The smallest absolute Gasteiger partial charge is 0.253 e. The molecule has 2 atom stereocenters. The standard InChI is InChI=1S/C20H28FN3O2.ClH/c1-12(2)8-19(25)23-18-7-4-13(9-17(18)21)20(26)24(3)16-10-14-5-6-15(11-16)22-14;/h4,7,9,12,14-16,22H,5-6,8,10-11H2,1-3H3,(H,23,25);1H. The zero-order valence-corrected chi connectivity index (χ0v) is 16.9. The largest absolute Gasteiger partial charge is 0.339 e. The van der Waals surface area contributed by atoms with Crippen molar-refractivity contribution in [2.24, 2.45) is 5.92 Å². The molecule has 2 bridgehead atoms. The number of rotatable bonds is 5. The highest BCUT2D eigenvalue weighted by molar-refractivity contribution is 5.96. The molecular weight excluding hydrogens is 369 g/mol. The highest BCUT2D eigenvalue weighted by Gasteiger charge is 2.36. The van der Waals surface area contributed by atoms with Crippen molar-refractivity contribution in [2.45, 2.75) is 64.1 Å². The number of carbonyl (C=O) groups is 2. The van der Waals surface area contributed by atoms with Crippen LogP contribution in [0.2, 0.25) is 0 Å². The zero-order valence-electron chi connectivity index (χ0n) is 16.1. The van der Waals surface area contributed by atoms with Crippen LogP contribution in [0.4, 0.5) is 10.1 Å². The maximum atomic E-state index is 14.4. The number of nitrogens with zero attached hydrogens (tertiary/aromatic N) is 1. The molecule has 2 unspecified atom stereocenters. The van der Waals surface area contributed by atoms with E-state index in [-0.39, 0.29) is 41.9 Å². The zero-order chi connectivity index (χ0) is 18.8. The van der Waals surface area contributed by atoms with Crippen LogP contribution in [-0.2, 0) is 4.79 Å². The second-order valence-electron chi connectivity index (χ2n) is 8.02. The Morgan fingerprint density at radius 1 is 1.26 bits per heavy atom. The van der Waals surface area contributed by atoms with Gasteiger partial charge < -0.3 is 15.5 Å². The molecule has 2 aliphatic rings. The van der Waals surface area contributed by atoms with E-state index in [0.29, 0.717) is 24.1 Å². The van der Waals surface area contributed by atoms with Gasteiger partial charge in [-0.3, -0.25) is 9.59 Å². The molecule has 3 rings (SSSR count). The molecule has 0 aromatic heterocycles. The number of hydrogen-bond acceptors (Lipinski definition) is 3. The van der Waals surface area contributed by atoms with Gasteiger partial charge in [0.1, 0.15) is 5.82 Å². The van der Waals surface area contributed by atoms with E-state index in [4.69, 9.17) is 0 Å². The Morgan fingerprint density at radius 2 is 1.89 bits per heavy atom. The minimum Gasteiger partial charge on any atom is -0.339 e. The first kappa shape index (κ1) is 21.6. The van der Waals surface area contributed by atoms with E-state index in [2.05, 4.69) is 10.6 Å². The van der Waals surface area contributed by atoms with E-state index in [1.54, 1.807) is 18.0 Å². The summed E-state index contributed by atoms with van der Waals surface area (Å²) in [6, 6.07) is 5.45. The first-order chi connectivity index (χ1) is 12.3. The van der Waals surface area contributed by atoms with Crippen LogP contribution in [0.15, 0.2) is 18.2 Å². The Labute approximate surface area is 166 Å². The molecule has 5 nitrogen and oxygen atoms in total. The van der Waals surface area contributed by atoms with Gasteiger partial charge in [0.05, 0.1) is 5.69 Å². The summed E-state index contributed by atoms with van der Waals surface area (Å²) in [4.78, 5) is 26.3. The molecule has 2 fully saturated rings.